The summed E-state index contributed by atoms with van der Waals surface area (Å²) in [5.41, 5.74) is 7.04. The van der Waals surface area contributed by atoms with Crippen molar-refractivity contribution in [2.75, 3.05) is 0 Å². The lowest BCUT2D eigenvalue weighted by Gasteiger charge is -2.24. The summed E-state index contributed by atoms with van der Waals surface area (Å²) in [6, 6.07) is 7.79. The maximum absolute atomic E-state index is 13.2. The Labute approximate surface area is 122 Å². The topological polar surface area (TPSA) is 48.1 Å². The molecule has 2 N–H and O–H groups in total. The summed E-state index contributed by atoms with van der Waals surface area (Å²) in [4.78, 5) is 3.98. The van der Waals surface area contributed by atoms with Gasteiger partial charge in [0.2, 0.25) is 0 Å². The zero-order chi connectivity index (χ0) is 14.5. The largest absolute Gasteiger partial charge is 0.484 e. The molecule has 2 unspecified atom stereocenters. The number of benzene rings is 1. The van der Waals surface area contributed by atoms with Gasteiger partial charge < -0.3 is 10.5 Å². The Morgan fingerprint density at radius 3 is 2.60 bits per heavy atom. The van der Waals surface area contributed by atoms with Crippen LogP contribution in [0.15, 0.2) is 42.7 Å². The van der Waals surface area contributed by atoms with Gasteiger partial charge in [-0.25, -0.2) is 4.39 Å². The molecule has 0 aliphatic rings. The highest BCUT2D eigenvalue weighted by Crippen LogP contribution is 2.28. The maximum atomic E-state index is 13.2. The summed E-state index contributed by atoms with van der Waals surface area (Å²) < 4.78 is 19.0. The molecule has 0 saturated carbocycles. The molecule has 1 heterocycles. The molecule has 1 aromatic heterocycles. The number of nitrogens with zero attached hydrogens (tertiary/aromatic N) is 1. The molecule has 20 heavy (non-hydrogen) atoms. The minimum Gasteiger partial charge on any atom is -0.484 e. The van der Waals surface area contributed by atoms with Gasteiger partial charge in [0.1, 0.15) is 17.7 Å². The second-order valence-corrected chi connectivity index (χ2v) is 4.87. The van der Waals surface area contributed by atoms with E-state index in [4.69, 9.17) is 22.1 Å². The first-order chi connectivity index (χ1) is 9.61. The molecule has 2 rings (SSSR count). The van der Waals surface area contributed by atoms with E-state index in [-0.39, 0.29) is 17.2 Å². The van der Waals surface area contributed by atoms with Crippen molar-refractivity contribution in [3.8, 4) is 5.75 Å². The maximum Gasteiger partial charge on any atom is 0.142 e. The molecule has 5 heteroatoms. The van der Waals surface area contributed by atoms with Crippen molar-refractivity contribution in [1.29, 1.82) is 0 Å². The van der Waals surface area contributed by atoms with E-state index in [9.17, 15) is 4.39 Å². The number of rotatable bonds is 5. The molecule has 3 nitrogen and oxygen atoms in total. The quantitative estimate of drug-likeness (QED) is 0.914. The predicted molar refractivity (Wildman–Crippen MR) is 77.3 cm³/mol. The third-order valence-electron chi connectivity index (χ3n) is 3.05. The Bertz CT molecular complexity index is 565. The number of hydrogen-bond acceptors (Lipinski definition) is 3. The molecule has 0 bridgehead atoms. The van der Waals surface area contributed by atoms with E-state index in [1.54, 1.807) is 12.4 Å². The summed E-state index contributed by atoms with van der Waals surface area (Å²) in [5.74, 6) is 0.0152. The first kappa shape index (κ1) is 14.8. The number of pyridine rings is 1. The molecule has 0 saturated heterocycles. The normalized spacial score (nSPS) is 13.8. The van der Waals surface area contributed by atoms with E-state index in [0.717, 1.165) is 12.0 Å². The van der Waals surface area contributed by atoms with Crippen LogP contribution >= 0.6 is 11.6 Å². The monoisotopic (exact) mass is 294 g/mol. The third-order valence-corrected chi connectivity index (χ3v) is 3.34. The highest BCUT2D eigenvalue weighted by atomic mass is 35.5. The van der Waals surface area contributed by atoms with Crippen molar-refractivity contribution in [2.45, 2.75) is 25.5 Å². The first-order valence-corrected chi connectivity index (χ1v) is 6.76. The Morgan fingerprint density at radius 2 is 2.00 bits per heavy atom. The minimum absolute atomic E-state index is 0.0287. The van der Waals surface area contributed by atoms with E-state index >= 15 is 0 Å². The van der Waals surface area contributed by atoms with Crippen LogP contribution in [0.25, 0.3) is 0 Å². The van der Waals surface area contributed by atoms with Gasteiger partial charge in [0.15, 0.2) is 0 Å². The Balaban J connectivity index is 2.26. The summed E-state index contributed by atoms with van der Waals surface area (Å²) in [6.07, 6.45) is 3.80. The van der Waals surface area contributed by atoms with Gasteiger partial charge in [0.25, 0.3) is 0 Å². The molecule has 106 valence electrons. The summed E-state index contributed by atoms with van der Waals surface area (Å²) >= 11 is 5.76. The van der Waals surface area contributed by atoms with Crippen molar-refractivity contribution in [3.63, 3.8) is 0 Å². The molecular formula is C15H16ClFN2O. The van der Waals surface area contributed by atoms with E-state index in [2.05, 4.69) is 4.98 Å². The van der Waals surface area contributed by atoms with Gasteiger partial charge in [-0.3, -0.25) is 4.98 Å². The van der Waals surface area contributed by atoms with Crippen molar-refractivity contribution >= 4 is 11.6 Å². The predicted octanol–water partition coefficient (Wildman–Crippen LogP) is 3.73. The number of aromatic nitrogens is 1. The zero-order valence-electron chi connectivity index (χ0n) is 11.1. The molecule has 0 spiro atoms. The highest BCUT2D eigenvalue weighted by Gasteiger charge is 2.20. The van der Waals surface area contributed by atoms with Crippen LogP contribution in [0.4, 0.5) is 4.39 Å². The van der Waals surface area contributed by atoms with Crippen molar-refractivity contribution in [1.82, 2.24) is 4.98 Å². The standard InChI is InChI=1S/C15H16ClFN2O/c1-2-14(18)15(10-5-7-19-8-6-10)20-11-3-4-13(17)12(16)9-11/h3-9,14-15H,2,18H2,1H3. The van der Waals surface area contributed by atoms with E-state index in [1.165, 1.54) is 18.2 Å². The van der Waals surface area contributed by atoms with Crippen LogP contribution in [-0.2, 0) is 0 Å². The van der Waals surface area contributed by atoms with Gasteiger partial charge in [-0.2, -0.15) is 0 Å². The van der Waals surface area contributed by atoms with E-state index in [0.29, 0.717) is 5.75 Å². The summed E-state index contributed by atoms with van der Waals surface area (Å²) in [6.45, 7) is 1.99. The van der Waals surface area contributed by atoms with Gasteiger partial charge in [-0.15, -0.1) is 0 Å². The number of ether oxygens (including phenoxy) is 1. The Morgan fingerprint density at radius 1 is 1.30 bits per heavy atom. The molecule has 0 radical (unpaired) electrons. The van der Waals surface area contributed by atoms with Crippen LogP contribution in [0, 0.1) is 5.82 Å². The highest BCUT2D eigenvalue weighted by molar-refractivity contribution is 6.30. The van der Waals surface area contributed by atoms with Crippen LogP contribution in [0.2, 0.25) is 5.02 Å². The molecule has 0 aliphatic carbocycles. The molecule has 0 amide bonds. The van der Waals surface area contributed by atoms with Gasteiger partial charge >= 0.3 is 0 Å². The van der Waals surface area contributed by atoms with Gasteiger partial charge in [-0.1, -0.05) is 18.5 Å². The van der Waals surface area contributed by atoms with Crippen LogP contribution in [0.1, 0.15) is 25.0 Å². The second kappa shape index (κ2) is 6.68. The van der Waals surface area contributed by atoms with Crippen molar-refractivity contribution in [3.05, 3.63) is 59.1 Å². The van der Waals surface area contributed by atoms with Crippen molar-refractivity contribution < 1.29 is 9.13 Å². The lowest BCUT2D eigenvalue weighted by Crippen LogP contribution is -2.31. The molecular weight excluding hydrogens is 279 g/mol. The fourth-order valence-corrected chi connectivity index (χ4v) is 2.04. The van der Waals surface area contributed by atoms with Crippen LogP contribution < -0.4 is 10.5 Å². The first-order valence-electron chi connectivity index (χ1n) is 6.39. The fourth-order valence-electron chi connectivity index (χ4n) is 1.87. The third kappa shape index (κ3) is 3.46. The average Bonchev–Trinajstić information content (AvgIpc) is 2.48. The smallest absolute Gasteiger partial charge is 0.142 e. The lowest BCUT2D eigenvalue weighted by molar-refractivity contribution is 0.171. The van der Waals surface area contributed by atoms with E-state index < -0.39 is 5.82 Å². The van der Waals surface area contributed by atoms with Gasteiger partial charge in [0, 0.05) is 24.5 Å². The minimum atomic E-state index is -0.473. The fraction of sp³-hybridized carbons (Fsp3) is 0.267. The van der Waals surface area contributed by atoms with E-state index in [1.807, 2.05) is 19.1 Å². The summed E-state index contributed by atoms with van der Waals surface area (Å²) in [5, 5.41) is 0.0287. The summed E-state index contributed by atoms with van der Waals surface area (Å²) in [7, 11) is 0. The number of halogens is 2. The van der Waals surface area contributed by atoms with Gasteiger partial charge in [0.05, 0.1) is 5.02 Å². The zero-order valence-corrected chi connectivity index (χ0v) is 11.8. The number of nitrogens with two attached hydrogens (primary N) is 1. The van der Waals surface area contributed by atoms with Crippen molar-refractivity contribution in [2.24, 2.45) is 5.73 Å². The van der Waals surface area contributed by atoms with Gasteiger partial charge in [-0.05, 0) is 36.2 Å². The molecule has 1 aromatic carbocycles. The Hall–Kier alpha value is -1.65. The molecule has 2 aromatic rings. The Kier molecular flexibility index (Phi) is 4.93. The number of hydrogen-bond donors (Lipinski definition) is 1. The van der Waals surface area contributed by atoms with Crippen LogP contribution in [-0.4, -0.2) is 11.0 Å². The van der Waals surface area contributed by atoms with Crippen LogP contribution in [0.3, 0.4) is 0 Å². The van der Waals surface area contributed by atoms with Crippen LogP contribution in [0.5, 0.6) is 5.75 Å². The lowest BCUT2D eigenvalue weighted by atomic mass is 10.0. The molecule has 2 atom stereocenters. The molecule has 0 aliphatic heterocycles. The molecule has 0 fully saturated rings. The SMILES string of the molecule is CCC(N)C(Oc1ccc(F)c(Cl)c1)c1ccncc1. The second-order valence-electron chi connectivity index (χ2n) is 4.47. The average molecular weight is 295 g/mol.